The topological polar surface area (TPSA) is 59.3 Å². The zero-order valence-electron chi connectivity index (χ0n) is 10.3. The highest BCUT2D eigenvalue weighted by Crippen LogP contribution is 2.34. The first-order valence-corrected chi connectivity index (χ1v) is 5.89. The highest BCUT2D eigenvalue weighted by atomic mass is 32.1. The normalized spacial score (nSPS) is 10.8. The van der Waals surface area contributed by atoms with Gasteiger partial charge in [0.2, 0.25) is 0 Å². The van der Waals surface area contributed by atoms with Gasteiger partial charge >= 0.3 is 12.3 Å². The molecule has 4 nitrogen and oxygen atoms in total. The molecule has 0 fully saturated rings. The summed E-state index contributed by atoms with van der Waals surface area (Å²) in [6.07, 6.45) is -5.21. The number of thiol groups is 1. The second-order valence-corrected chi connectivity index (χ2v) is 4.04. The van der Waals surface area contributed by atoms with Crippen molar-refractivity contribution in [3.8, 4) is 11.8 Å². The number of benzene rings is 1. The standard InChI is InChI=1S/C12H10F3NO3S/c1-2-18-9(17)5-7-3-4-8(6-16)10(11(7)20)19-12(13,14)15/h3-4,20H,2,5H2,1H3. The Morgan fingerprint density at radius 3 is 2.60 bits per heavy atom. The Hall–Kier alpha value is -1.88. The Labute approximate surface area is 118 Å². The number of nitriles is 1. The minimum Gasteiger partial charge on any atom is -0.466 e. The van der Waals surface area contributed by atoms with Crippen molar-refractivity contribution in [3.63, 3.8) is 0 Å². The molecule has 0 saturated heterocycles. The molecule has 0 saturated carbocycles. The summed E-state index contributed by atoms with van der Waals surface area (Å²) in [6, 6.07) is 4.04. The minimum absolute atomic E-state index is 0.156. The number of carbonyl (C=O) groups is 1. The molecule has 0 bridgehead atoms. The van der Waals surface area contributed by atoms with Crippen LogP contribution in [0.1, 0.15) is 18.1 Å². The van der Waals surface area contributed by atoms with E-state index in [2.05, 4.69) is 17.4 Å². The minimum atomic E-state index is -4.95. The van der Waals surface area contributed by atoms with E-state index in [9.17, 15) is 18.0 Å². The van der Waals surface area contributed by atoms with Gasteiger partial charge < -0.3 is 9.47 Å². The molecule has 108 valence electrons. The smallest absolute Gasteiger partial charge is 0.466 e. The molecule has 0 aliphatic carbocycles. The van der Waals surface area contributed by atoms with Crippen LogP contribution in [0.3, 0.4) is 0 Å². The maximum Gasteiger partial charge on any atom is 0.573 e. The van der Waals surface area contributed by atoms with E-state index in [1.165, 1.54) is 6.07 Å². The summed E-state index contributed by atoms with van der Waals surface area (Å²) in [5, 5.41) is 8.77. The van der Waals surface area contributed by atoms with Gasteiger partial charge in [0.15, 0.2) is 5.75 Å². The maximum atomic E-state index is 12.3. The van der Waals surface area contributed by atoms with Crippen LogP contribution in [0.15, 0.2) is 17.0 Å². The lowest BCUT2D eigenvalue weighted by Gasteiger charge is -2.14. The molecule has 0 heterocycles. The van der Waals surface area contributed by atoms with Crippen LogP contribution in [-0.4, -0.2) is 18.9 Å². The van der Waals surface area contributed by atoms with Crippen LogP contribution < -0.4 is 4.74 Å². The molecular weight excluding hydrogens is 295 g/mol. The summed E-state index contributed by atoms with van der Waals surface area (Å²) < 4.78 is 45.4. The van der Waals surface area contributed by atoms with Crippen molar-refractivity contribution in [2.24, 2.45) is 0 Å². The van der Waals surface area contributed by atoms with E-state index in [4.69, 9.17) is 10.00 Å². The Morgan fingerprint density at radius 2 is 2.10 bits per heavy atom. The summed E-state index contributed by atoms with van der Waals surface area (Å²) in [5.74, 6) is -1.32. The summed E-state index contributed by atoms with van der Waals surface area (Å²) >= 11 is 3.91. The molecule has 0 aliphatic rings. The van der Waals surface area contributed by atoms with Crippen molar-refractivity contribution in [1.82, 2.24) is 0 Å². The third-order valence-corrected chi connectivity index (χ3v) is 2.68. The van der Waals surface area contributed by atoms with Crippen molar-refractivity contribution >= 4 is 18.6 Å². The van der Waals surface area contributed by atoms with E-state index < -0.39 is 18.1 Å². The average molecular weight is 305 g/mol. The van der Waals surface area contributed by atoms with E-state index in [-0.39, 0.29) is 29.1 Å². The predicted octanol–water partition coefficient (Wildman–Crippen LogP) is 2.85. The zero-order valence-corrected chi connectivity index (χ0v) is 11.2. The fraction of sp³-hybridized carbons (Fsp3) is 0.333. The third kappa shape index (κ3) is 4.35. The third-order valence-electron chi connectivity index (χ3n) is 2.19. The fourth-order valence-corrected chi connectivity index (χ4v) is 1.75. The van der Waals surface area contributed by atoms with Crippen LogP contribution in [0.4, 0.5) is 13.2 Å². The summed E-state index contributed by atoms with van der Waals surface area (Å²) in [4.78, 5) is 11.1. The number of nitrogens with zero attached hydrogens (tertiary/aromatic N) is 1. The van der Waals surface area contributed by atoms with Crippen LogP contribution in [-0.2, 0) is 16.0 Å². The van der Waals surface area contributed by atoms with E-state index in [1.807, 2.05) is 0 Å². The number of ether oxygens (including phenoxy) is 2. The number of carbonyl (C=O) groups excluding carboxylic acids is 1. The van der Waals surface area contributed by atoms with E-state index in [1.54, 1.807) is 13.0 Å². The molecule has 0 aromatic heterocycles. The molecule has 0 atom stereocenters. The van der Waals surface area contributed by atoms with E-state index in [0.717, 1.165) is 6.07 Å². The van der Waals surface area contributed by atoms with Gasteiger partial charge in [-0.2, -0.15) is 5.26 Å². The SMILES string of the molecule is CCOC(=O)Cc1ccc(C#N)c(OC(F)(F)F)c1S. The highest BCUT2D eigenvalue weighted by molar-refractivity contribution is 7.80. The molecule has 1 aromatic rings. The fourth-order valence-electron chi connectivity index (χ4n) is 1.43. The molecular formula is C12H10F3NO3S. The summed E-state index contributed by atoms with van der Waals surface area (Å²) in [5.41, 5.74) is -0.134. The predicted molar refractivity (Wildman–Crippen MR) is 65.4 cm³/mol. The van der Waals surface area contributed by atoms with Crippen molar-refractivity contribution < 1.29 is 27.4 Å². The van der Waals surface area contributed by atoms with Crippen LogP contribution in [0.5, 0.6) is 5.75 Å². The van der Waals surface area contributed by atoms with Gasteiger partial charge in [0.05, 0.1) is 23.5 Å². The van der Waals surface area contributed by atoms with Crippen LogP contribution in [0.25, 0.3) is 0 Å². The molecule has 0 N–H and O–H groups in total. The zero-order chi connectivity index (χ0) is 15.3. The lowest BCUT2D eigenvalue weighted by atomic mass is 10.1. The first-order valence-electron chi connectivity index (χ1n) is 5.44. The average Bonchev–Trinajstić information content (AvgIpc) is 2.33. The second-order valence-electron chi connectivity index (χ2n) is 3.59. The number of hydrogen-bond acceptors (Lipinski definition) is 5. The largest absolute Gasteiger partial charge is 0.573 e. The number of hydrogen-bond donors (Lipinski definition) is 1. The van der Waals surface area contributed by atoms with Gasteiger partial charge in [-0.15, -0.1) is 25.8 Å². The number of halogens is 3. The van der Waals surface area contributed by atoms with Crippen LogP contribution in [0.2, 0.25) is 0 Å². The molecule has 0 radical (unpaired) electrons. The molecule has 0 unspecified atom stereocenters. The van der Waals surface area contributed by atoms with Crippen LogP contribution >= 0.6 is 12.6 Å². The molecule has 1 aromatic carbocycles. The first kappa shape index (κ1) is 16.2. The highest BCUT2D eigenvalue weighted by Gasteiger charge is 2.33. The Bertz CT molecular complexity index is 552. The second kappa shape index (κ2) is 6.52. The number of rotatable bonds is 4. The Kier molecular flexibility index (Phi) is 5.27. The van der Waals surface area contributed by atoms with Crippen molar-refractivity contribution in [1.29, 1.82) is 5.26 Å². The van der Waals surface area contributed by atoms with Crippen molar-refractivity contribution in [2.75, 3.05) is 6.61 Å². The molecule has 1 rings (SSSR count). The van der Waals surface area contributed by atoms with Gasteiger partial charge in [-0.05, 0) is 18.6 Å². The maximum absolute atomic E-state index is 12.3. The lowest BCUT2D eigenvalue weighted by Crippen LogP contribution is -2.19. The lowest BCUT2D eigenvalue weighted by molar-refractivity contribution is -0.275. The molecule has 0 spiro atoms. The quantitative estimate of drug-likeness (QED) is 0.686. The molecule has 0 amide bonds. The van der Waals surface area contributed by atoms with E-state index >= 15 is 0 Å². The Balaban J connectivity index is 3.15. The van der Waals surface area contributed by atoms with Gasteiger partial charge in [-0.1, -0.05) is 6.07 Å². The summed E-state index contributed by atoms with van der Waals surface area (Å²) in [6.45, 7) is 1.76. The van der Waals surface area contributed by atoms with Gasteiger partial charge in [0, 0.05) is 0 Å². The monoisotopic (exact) mass is 305 g/mol. The number of esters is 1. The van der Waals surface area contributed by atoms with Gasteiger partial charge in [-0.25, -0.2) is 0 Å². The first-order chi connectivity index (χ1) is 9.28. The molecule has 8 heteroatoms. The number of alkyl halides is 3. The van der Waals surface area contributed by atoms with Gasteiger partial charge in [-0.3, -0.25) is 4.79 Å². The van der Waals surface area contributed by atoms with Gasteiger partial charge in [0.1, 0.15) is 6.07 Å². The van der Waals surface area contributed by atoms with Crippen LogP contribution in [0, 0.1) is 11.3 Å². The van der Waals surface area contributed by atoms with Crippen molar-refractivity contribution in [2.45, 2.75) is 24.6 Å². The van der Waals surface area contributed by atoms with Gasteiger partial charge in [0.25, 0.3) is 0 Å². The summed E-state index contributed by atoms with van der Waals surface area (Å²) in [7, 11) is 0. The molecule has 20 heavy (non-hydrogen) atoms. The molecule has 0 aliphatic heterocycles. The van der Waals surface area contributed by atoms with E-state index in [0.29, 0.717) is 0 Å². The van der Waals surface area contributed by atoms with Crippen molar-refractivity contribution in [3.05, 3.63) is 23.3 Å². The Morgan fingerprint density at radius 1 is 1.45 bits per heavy atom.